The summed E-state index contributed by atoms with van der Waals surface area (Å²) in [6.45, 7) is 7.40. The van der Waals surface area contributed by atoms with Gasteiger partial charge in [0.15, 0.2) is 5.11 Å². The summed E-state index contributed by atoms with van der Waals surface area (Å²) in [6, 6.07) is 8.96. The molecular formula is C17H22N4S. The summed E-state index contributed by atoms with van der Waals surface area (Å²) in [5.41, 5.74) is 2.31. The van der Waals surface area contributed by atoms with Crippen molar-refractivity contribution >= 4 is 17.3 Å². The molecule has 3 heterocycles. The molecule has 2 unspecified atom stereocenters. The summed E-state index contributed by atoms with van der Waals surface area (Å²) in [7, 11) is 0. The van der Waals surface area contributed by atoms with Gasteiger partial charge in [0, 0.05) is 31.2 Å². The number of hydrogen-bond acceptors (Lipinski definition) is 2. The molecule has 3 rings (SSSR count). The van der Waals surface area contributed by atoms with Crippen LogP contribution < -0.4 is 5.32 Å². The second kappa shape index (κ2) is 6.08. The lowest BCUT2D eigenvalue weighted by molar-refractivity contribution is 0.330. The Kier molecular flexibility index (Phi) is 4.16. The summed E-state index contributed by atoms with van der Waals surface area (Å²) < 4.78 is 2.24. The van der Waals surface area contributed by atoms with Crippen LogP contribution in [-0.4, -0.2) is 26.1 Å². The van der Waals surface area contributed by atoms with Crippen molar-refractivity contribution in [1.29, 1.82) is 0 Å². The van der Waals surface area contributed by atoms with Gasteiger partial charge in [0.2, 0.25) is 0 Å². The van der Waals surface area contributed by atoms with Crippen LogP contribution in [0.2, 0.25) is 0 Å². The van der Waals surface area contributed by atoms with Crippen LogP contribution in [-0.2, 0) is 0 Å². The van der Waals surface area contributed by atoms with Crippen molar-refractivity contribution in [2.24, 2.45) is 0 Å². The van der Waals surface area contributed by atoms with Crippen molar-refractivity contribution in [3.8, 4) is 0 Å². The largest absolute Gasteiger partial charge is 0.352 e. The lowest BCUT2D eigenvalue weighted by Crippen LogP contribution is -2.29. The smallest absolute Gasteiger partial charge is 0.170 e. The summed E-state index contributed by atoms with van der Waals surface area (Å²) in [5, 5.41) is 4.25. The van der Waals surface area contributed by atoms with Crippen LogP contribution >= 0.6 is 12.2 Å². The van der Waals surface area contributed by atoms with Crippen LogP contribution in [0.5, 0.6) is 0 Å². The highest BCUT2D eigenvalue weighted by Crippen LogP contribution is 2.38. The van der Waals surface area contributed by atoms with Crippen molar-refractivity contribution in [3.63, 3.8) is 0 Å². The van der Waals surface area contributed by atoms with Crippen molar-refractivity contribution in [2.45, 2.75) is 38.9 Å². The van der Waals surface area contributed by atoms with Gasteiger partial charge in [0.25, 0.3) is 0 Å². The van der Waals surface area contributed by atoms with Crippen molar-refractivity contribution in [2.75, 3.05) is 6.54 Å². The number of nitrogens with one attached hydrogen (secondary N) is 1. The summed E-state index contributed by atoms with van der Waals surface area (Å²) in [5.74, 6) is 0. The molecule has 5 heteroatoms. The molecule has 1 fully saturated rings. The van der Waals surface area contributed by atoms with E-state index in [4.69, 9.17) is 12.2 Å². The number of likely N-dealkylation sites (N-methyl/N-ethyl adjacent to an activating group) is 1. The van der Waals surface area contributed by atoms with Crippen LogP contribution in [0.15, 0.2) is 42.9 Å². The lowest BCUT2D eigenvalue weighted by atomic mass is 9.99. The Balaban J connectivity index is 2.00. The molecule has 0 aliphatic carbocycles. The van der Waals surface area contributed by atoms with E-state index >= 15 is 0 Å². The van der Waals surface area contributed by atoms with E-state index in [0.717, 1.165) is 17.4 Å². The number of aromatic nitrogens is 2. The Bertz CT molecular complexity index is 650. The molecule has 2 aromatic rings. The third-order valence-corrected chi connectivity index (χ3v) is 4.57. The fourth-order valence-electron chi connectivity index (χ4n) is 3.04. The summed E-state index contributed by atoms with van der Waals surface area (Å²) in [4.78, 5) is 6.77. The Labute approximate surface area is 137 Å². The van der Waals surface area contributed by atoms with Gasteiger partial charge in [-0.2, -0.15) is 0 Å². The van der Waals surface area contributed by atoms with Gasteiger partial charge in [-0.25, -0.2) is 0 Å². The molecule has 1 saturated heterocycles. The molecule has 0 aromatic carbocycles. The van der Waals surface area contributed by atoms with Crippen LogP contribution in [0.25, 0.3) is 0 Å². The van der Waals surface area contributed by atoms with Crippen molar-refractivity contribution < 1.29 is 0 Å². The van der Waals surface area contributed by atoms with Crippen LogP contribution in [0.4, 0.5) is 0 Å². The first-order chi connectivity index (χ1) is 10.6. The van der Waals surface area contributed by atoms with Crippen LogP contribution in [0, 0.1) is 0 Å². The maximum Gasteiger partial charge on any atom is 0.170 e. The van der Waals surface area contributed by atoms with Gasteiger partial charge in [-0.3, -0.25) is 4.98 Å². The third kappa shape index (κ3) is 2.61. The van der Waals surface area contributed by atoms with Crippen LogP contribution in [0.3, 0.4) is 0 Å². The monoisotopic (exact) mass is 314 g/mol. The first-order valence-electron chi connectivity index (χ1n) is 7.77. The number of pyridine rings is 1. The molecule has 0 amide bonds. The van der Waals surface area contributed by atoms with E-state index in [1.54, 1.807) is 0 Å². The van der Waals surface area contributed by atoms with Gasteiger partial charge in [-0.15, -0.1) is 0 Å². The van der Waals surface area contributed by atoms with Crippen molar-refractivity contribution in [1.82, 2.24) is 19.8 Å². The first-order valence-corrected chi connectivity index (χ1v) is 8.18. The van der Waals surface area contributed by atoms with Gasteiger partial charge in [-0.05, 0) is 56.8 Å². The Morgan fingerprint density at radius 2 is 2.14 bits per heavy atom. The molecule has 0 spiro atoms. The van der Waals surface area contributed by atoms with E-state index in [9.17, 15) is 0 Å². The predicted molar refractivity (Wildman–Crippen MR) is 92.6 cm³/mol. The highest BCUT2D eigenvalue weighted by molar-refractivity contribution is 7.80. The topological polar surface area (TPSA) is 33.1 Å². The van der Waals surface area contributed by atoms with Crippen molar-refractivity contribution in [3.05, 3.63) is 54.1 Å². The standard InChI is InChI=1S/C17H22N4S/c1-4-21-16(13-8-10-20(11-13)12(2)3)15(19-17(21)22)14-7-5-6-9-18-14/h5-12,15-16H,4H2,1-3H3,(H,19,22). The molecule has 2 aromatic heterocycles. The zero-order valence-corrected chi connectivity index (χ0v) is 14.0. The number of thiocarbonyl (C=S) groups is 1. The highest BCUT2D eigenvalue weighted by atomic mass is 32.1. The number of rotatable bonds is 4. The highest BCUT2D eigenvalue weighted by Gasteiger charge is 2.39. The van der Waals surface area contributed by atoms with E-state index in [2.05, 4.69) is 65.1 Å². The molecule has 1 aliphatic heterocycles. The molecule has 22 heavy (non-hydrogen) atoms. The molecule has 0 radical (unpaired) electrons. The molecule has 2 atom stereocenters. The maximum atomic E-state index is 5.53. The van der Waals surface area contributed by atoms with Gasteiger partial charge in [0.1, 0.15) is 0 Å². The zero-order chi connectivity index (χ0) is 15.7. The van der Waals surface area contributed by atoms with E-state index in [-0.39, 0.29) is 12.1 Å². The quantitative estimate of drug-likeness (QED) is 0.876. The molecule has 0 saturated carbocycles. The van der Waals surface area contributed by atoms with Gasteiger partial charge >= 0.3 is 0 Å². The Hall–Kier alpha value is -1.88. The van der Waals surface area contributed by atoms with E-state index < -0.39 is 0 Å². The van der Waals surface area contributed by atoms with E-state index in [0.29, 0.717) is 6.04 Å². The molecule has 1 N–H and O–H groups in total. The van der Waals surface area contributed by atoms with Gasteiger partial charge in [0.05, 0.1) is 17.8 Å². The minimum Gasteiger partial charge on any atom is -0.352 e. The molecule has 4 nitrogen and oxygen atoms in total. The molecule has 0 bridgehead atoms. The third-order valence-electron chi connectivity index (χ3n) is 4.21. The predicted octanol–water partition coefficient (Wildman–Crippen LogP) is 3.46. The minimum absolute atomic E-state index is 0.0941. The zero-order valence-electron chi connectivity index (χ0n) is 13.2. The Morgan fingerprint density at radius 1 is 1.32 bits per heavy atom. The fourth-order valence-corrected chi connectivity index (χ4v) is 3.41. The molecular weight excluding hydrogens is 292 g/mol. The molecule has 116 valence electrons. The van der Waals surface area contributed by atoms with Gasteiger partial charge in [-0.1, -0.05) is 6.07 Å². The average Bonchev–Trinajstić information content (AvgIpc) is 3.12. The normalized spacial score (nSPS) is 21.5. The van der Waals surface area contributed by atoms with E-state index in [1.807, 2.05) is 18.3 Å². The Morgan fingerprint density at radius 3 is 2.73 bits per heavy atom. The maximum absolute atomic E-state index is 5.53. The number of nitrogens with zero attached hydrogens (tertiary/aromatic N) is 3. The summed E-state index contributed by atoms with van der Waals surface area (Å²) in [6.07, 6.45) is 6.21. The molecule has 1 aliphatic rings. The summed E-state index contributed by atoms with van der Waals surface area (Å²) >= 11 is 5.53. The minimum atomic E-state index is 0.0941. The second-order valence-electron chi connectivity index (χ2n) is 5.90. The second-order valence-corrected chi connectivity index (χ2v) is 6.29. The number of hydrogen-bond donors (Lipinski definition) is 1. The lowest BCUT2D eigenvalue weighted by Gasteiger charge is -2.25. The first kappa shape index (κ1) is 15.0. The average molecular weight is 314 g/mol. The SMILES string of the molecule is CCN1C(=S)NC(c2ccccn2)C1c1ccn(C(C)C)c1. The van der Waals surface area contributed by atoms with Gasteiger partial charge < -0.3 is 14.8 Å². The van der Waals surface area contributed by atoms with Crippen LogP contribution in [0.1, 0.15) is 50.2 Å². The van der Waals surface area contributed by atoms with E-state index in [1.165, 1.54) is 5.56 Å². The fraction of sp³-hybridized carbons (Fsp3) is 0.412.